The normalized spacial score (nSPS) is 9.69. The van der Waals surface area contributed by atoms with Crippen LogP contribution in [0, 0.1) is 6.92 Å². The molecule has 1 aromatic heterocycles. The topological polar surface area (TPSA) is 59.4 Å². The maximum atomic E-state index is 10.7. The van der Waals surface area contributed by atoms with Crippen molar-refractivity contribution in [3.8, 4) is 5.75 Å². The van der Waals surface area contributed by atoms with Gasteiger partial charge in [0, 0.05) is 6.20 Å². The molecule has 4 nitrogen and oxygen atoms in total. The Bertz CT molecular complexity index is 323. The number of ether oxygens (including phenoxy) is 1. The van der Waals surface area contributed by atoms with Crippen molar-refractivity contribution in [2.24, 2.45) is 0 Å². The smallest absolute Gasteiger partial charge is 0.339 e. The van der Waals surface area contributed by atoms with Gasteiger partial charge in [0.15, 0.2) is 5.75 Å². The van der Waals surface area contributed by atoms with E-state index in [1.54, 1.807) is 13.8 Å². The number of pyridine rings is 1. The predicted octanol–water partition coefficient (Wildman–Crippen LogP) is 1.49. The number of aromatic carboxylic acids is 1. The van der Waals surface area contributed by atoms with Crippen LogP contribution < -0.4 is 4.74 Å². The summed E-state index contributed by atoms with van der Waals surface area (Å²) in [5.41, 5.74) is 0.760. The van der Waals surface area contributed by atoms with Gasteiger partial charge in [-0.05, 0) is 19.9 Å². The van der Waals surface area contributed by atoms with Gasteiger partial charge in [-0.3, -0.25) is 4.98 Å². The Labute approximate surface area is 76.2 Å². The molecule has 0 fully saturated rings. The third-order valence-corrected chi connectivity index (χ3v) is 1.60. The van der Waals surface area contributed by atoms with E-state index < -0.39 is 5.97 Å². The summed E-state index contributed by atoms with van der Waals surface area (Å²) in [6, 6.07) is 1.43. The van der Waals surface area contributed by atoms with Gasteiger partial charge >= 0.3 is 5.97 Å². The standard InChI is InChI=1S/C9H11NO3/c1-3-13-8-6(2)10-5-4-7(8)9(11)12/h4-5H,3H2,1-2H3,(H,11,12). The van der Waals surface area contributed by atoms with E-state index in [1.807, 2.05) is 0 Å². The van der Waals surface area contributed by atoms with E-state index in [9.17, 15) is 4.79 Å². The lowest BCUT2D eigenvalue weighted by Gasteiger charge is -2.08. The molecular weight excluding hydrogens is 170 g/mol. The van der Waals surface area contributed by atoms with Crippen molar-refractivity contribution in [1.82, 2.24) is 4.98 Å². The summed E-state index contributed by atoms with van der Waals surface area (Å²) >= 11 is 0. The van der Waals surface area contributed by atoms with E-state index in [1.165, 1.54) is 12.3 Å². The van der Waals surface area contributed by atoms with Crippen molar-refractivity contribution in [2.75, 3.05) is 6.61 Å². The van der Waals surface area contributed by atoms with Crippen LogP contribution in [0.2, 0.25) is 0 Å². The zero-order chi connectivity index (χ0) is 9.84. The molecule has 0 amide bonds. The molecule has 0 aliphatic heterocycles. The average Bonchev–Trinajstić information content (AvgIpc) is 2.08. The summed E-state index contributed by atoms with van der Waals surface area (Å²) in [5, 5.41) is 8.81. The van der Waals surface area contributed by atoms with E-state index in [0.717, 1.165) is 0 Å². The maximum Gasteiger partial charge on any atom is 0.339 e. The maximum absolute atomic E-state index is 10.7. The van der Waals surface area contributed by atoms with Gasteiger partial charge in [0.2, 0.25) is 0 Å². The van der Waals surface area contributed by atoms with Crippen LogP contribution in [-0.4, -0.2) is 22.7 Å². The fraction of sp³-hybridized carbons (Fsp3) is 0.333. The third-order valence-electron chi connectivity index (χ3n) is 1.60. The Morgan fingerprint density at radius 3 is 2.92 bits per heavy atom. The van der Waals surface area contributed by atoms with Crippen molar-refractivity contribution < 1.29 is 14.6 Å². The summed E-state index contributed by atoms with van der Waals surface area (Å²) in [7, 11) is 0. The lowest BCUT2D eigenvalue weighted by Crippen LogP contribution is -2.05. The second kappa shape index (κ2) is 3.89. The summed E-state index contributed by atoms with van der Waals surface area (Å²) in [4.78, 5) is 14.7. The first kappa shape index (κ1) is 9.51. The molecule has 0 radical (unpaired) electrons. The molecule has 0 aliphatic rings. The lowest BCUT2D eigenvalue weighted by atomic mass is 10.2. The first-order chi connectivity index (χ1) is 6.16. The predicted molar refractivity (Wildman–Crippen MR) is 47.1 cm³/mol. The number of nitrogens with zero attached hydrogens (tertiary/aromatic N) is 1. The first-order valence-electron chi connectivity index (χ1n) is 3.98. The summed E-state index contributed by atoms with van der Waals surface area (Å²) in [6.07, 6.45) is 1.46. The first-order valence-corrected chi connectivity index (χ1v) is 3.98. The Kier molecular flexibility index (Phi) is 2.84. The van der Waals surface area contributed by atoms with Crippen LogP contribution in [0.25, 0.3) is 0 Å². The van der Waals surface area contributed by atoms with E-state index in [0.29, 0.717) is 18.1 Å². The highest BCUT2D eigenvalue weighted by Crippen LogP contribution is 2.20. The Morgan fingerprint density at radius 2 is 2.38 bits per heavy atom. The van der Waals surface area contributed by atoms with Crippen LogP contribution in [0.4, 0.5) is 0 Å². The van der Waals surface area contributed by atoms with Crippen molar-refractivity contribution in [3.63, 3.8) is 0 Å². The molecule has 0 saturated carbocycles. The number of carboxylic acid groups (broad SMARTS) is 1. The van der Waals surface area contributed by atoms with Gasteiger partial charge in [0.05, 0.1) is 12.3 Å². The number of aromatic nitrogens is 1. The van der Waals surface area contributed by atoms with Crippen LogP contribution in [0.1, 0.15) is 23.0 Å². The molecular formula is C9H11NO3. The molecule has 0 atom stereocenters. The highest BCUT2D eigenvalue weighted by Gasteiger charge is 2.13. The number of carboxylic acids is 1. The monoisotopic (exact) mass is 181 g/mol. The summed E-state index contributed by atoms with van der Waals surface area (Å²) in [6.45, 7) is 3.96. The van der Waals surface area contributed by atoms with Gasteiger partial charge in [0.25, 0.3) is 0 Å². The molecule has 0 unspecified atom stereocenters. The fourth-order valence-corrected chi connectivity index (χ4v) is 1.05. The van der Waals surface area contributed by atoms with Crippen molar-refractivity contribution >= 4 is 5.97 Å². The van der Waals surface area contributed by atoms with Gasteiger partial charge in [-0.15, -0.1) is 0 Å². The summed E-state index contributed by atoms with van der Waals surface area (Å²) in [5.74, 6) is -0.633. The third kappa shape index (κ3) is 1.96. The molecule has 0 aliphatic carbocycles. The molecule has 4 heteroatoms. The Balaban J connectivity index is 3.17. The number of carbonyl (C=O) groups is 1. The minimum Gasteiger partial charge on any atom is -0.491 e. The van der Waals surface area contributed by atoms with Gasteiger partial charge in [-0.25, -0.2) is 4.79 Å². The molecule has 70 valence electrons. The SMILES string of the molecule is CCOc1c(C(=O)O)ccnc1C. The van der Waals surface area contributed by atoms with Gasteiger partial charge in [-0.1, -0.05) is 0 Å². The molecule has 1 heterocycles. The van der Waals surface area contributed by atoms with Gasteiger partial charge in [-0.2, -0.15) is 0 Å². The molecule has 1 N–H and O–H groups in total. The molecule has 13 heavy (non-hydrogen) atoms. The quantitative estimate of drug-likeness (QED) is 0.767. The zero-order valence-electron chi connectivity index (χ0n) is 7.57. The summed E-state index contributed by atoms with van der Waals surface area (Å²) < 4.78 is 5.19. The van der Waals surface area contributed by atoms with E-state index in [2.05, 4.69) is 4.98 Å². The number of hydrogen-bond acceptors (Lipinski definition) is 3. The molecule has 0 saturated heterocycles. The molecule has 1 rings (SSSR count). The van der Waals surface area contributed by atoms with Crippen LogP contribution in [0.15, 0.2) is 12.3 Å². The van der Waals surface area contributed by atoms with E-state index in [-0.39, 0.29) is 5.56 Å². The fourth-order valence-electron chi connectivity index (χ4n) is 1.05. The number of hydrogen-bond donors (Lipinski definition) is 1. The number of aryl methyl sites for hydroxylation is 1. The zero-order valence-corrected chi connectivity index (χ0v) is 7.57. The minimum atomic E-state index is -0.992. The van der Waals surface area contributed by atoms with Crippen molar-refractivity contribution in [2.45, 2.75) is 13.8 Å². The Morgan fingerprint density at radius 1 is 1.69 bits per heavy atom. The Hall–Kier alpha value is -1.58. The second-order valence-corrected chi connectivity index (χ2v) is 2.51. The molecule has 0 bridgehead atoms. The van der Waals surface area contributed by atoms with Crippen LogP contribution in [0.3, 0.4) is 0 Å². The number of rotatable bonds is 3. The highest BCUT2D eigenvalue weighted by atomic mass is 16.5. The lowest BCUT2D eigenvalue weighted by molar-refractivity contribution is 0.0692. The highest BCUT2D eigenvalue weighted by molar-refractivity contribution is 5.91. The van der Waals surface area contributed by atoms with Crippen LogP contribution in [0.5, 0.6) is 5.75 Å². The van der Waals surface area contributed by atoms with Crippen LogP contribution in [-0.2, 0) is 0 Å². The minimum absolute atomic E-state index is 0.161. The van der Waals surface area contributed by atoms with Crippen LogP contribution >= 0.6 is 0 Å². The van der Waals surface area contributed by atoms with E-state index in [4.69, 9.17) is 9.84 Å². The van der Waals surface area contributed by atoms with Gasteiger partial charge in [0.1, 0.15) is 5.56 Å². The molecule has 0 aromatic carbocycles. The average molecular weight is 181 g/mol. The van der Waals surface area contributed by atoms with Crippen molar-refractivity contribution in [1.29, 1.82) is 0 Å². The second-order valence-electron chi connectivity index (χ2n) is 2.51. The van der Waals surface area contributed by atoms with E-state index >= 15 is 0 Å². The van der Waals surface area contributed by atoms with Crippen molar-refractivity contribution in [3.05, 3.63) is 23.5 Å². The molecule has 1 aromatic rings. The van der Waals surface area contributed by atoms with Gasteiger partial charge < -0.3 is 9.84 Å². The molecule has 0 spiro atoms. The largest absolute Gasteiger partial charge is 0.491 e.